The fourth-order valence-electron chi connectivity index (χ4n) is 2.59. The number of rotatable bonds is 4. The molecule has 7 heteroatoms. The summed E-state index contributed by atoms with van der Waals surface area (Å²) in [5, 5.41) is 7.89. The molecule has 3 heterocycles. The summed E-state index contributed by atoms with van der Waals surface area (Å²) in [5.74, 6) is -0.0296. The highest BCUT2D eigenvalue weighted by Crippen LogP contribution is 2.17. The van der Waals surface area contributed by atoms with Gasteiger partial charge in [0.25, 0.3) is 5.91 Å². The van der Waals surface area contributed by atoms with Crippen LogP contribution in [0.15, 0.2) is 24.7 Å². The van der Waals surface area contributed by atoms with Crippen LogP contribution < -0.4 is 0 Å². The van der Waals surface area contributed by atoms with E-state index in [-0.39, 0.29) is 11.9 Å². The zero-order valence-corrected chi connectivity index (χ0v) is 11.9. The maximum atomic E-state index is 12.8. The summed E-state index contributed by atoms with van der Waals surface area (Å²) in [6.07, 6.45) is 4.18. The van der Waals surface area contributed by atoms with Gasteiger partial charge in [-0.25, -0.2) is 0 Å². The van der Waals surface area contributed by atoms with E-state index in [1.54, 1.807) is 23.9 Å². The molecule has 1 fully saturated rings. The van der Waals surface area contributed by atoms with Gasteiger partial charge in [0.15, 0.2) is 5.65 Å². The first kappa shape index (κ1) is 14.0. The van der Waals surface area contributed by atoms with Crippen LogP contribution in [-0.2, 0) is 9.47 Å². The number of amides is 1. The van der Waals surface area contributed by atoms with Gasteiger partial charge in [-0.05, 0) is 18.6 Å². The number of pyridine rings is 1. The zero-order chi connectivity index (χ0) is 14.7. The number of ether oxygens (including phenoxy) is 2. The molecule has 3 rings (SSSR count). The molecule has 0 aromatic carbocycles. The van der Waals surface area contributed by atoms with Crippen LogP contribution in [0.5, 0.6) is 0 Å². The second-order valence-corrected chi connectivity index (χ2v) is 4.99. The van der Waals surface area contributed by atoms with E-state index in [1.807, 2.05) is 17.2 Å². The predicted octanol–water partition coefficient (Wildman–Crippen LogP) is 0.607. The second-order valence-electron chi connectivity index (χ2n) is 4.99. The Balaban J connectivity index is 1.87. The van der Waals surface area contributed by atoms with Crippen molar-refractivity contribution in [3.8, 4) is 0 Å². The second kappa shape index (κ2) is 6.19. The number of carbonyl (C=O) groups excluding carboxylic acids is 1. The van der Waals surface area contributed by atoms with Crippen molar-refractivity contribution in [1.29, 1.82) is 0 Å². The molecule has 0 aliphatic carbocycles. The minimum atomic E-state index is -0.0296. The van der Waals surface area contributed by atoms with E-state index in [9.17, 15) is 4.79 Å². The highest BCUT2D eigenvalue weighted by Gasteiger charge is 2.29. The Kier molecular flexibility index (Phi) is 4.12. The van der Waals surface area contributed by atoms with Crippen molar-refractivity contribution < 1.29 is 14.3 Å². The van der Waals surface area contributed by atoms with Gasteiger partial charge >= 0.3 is 0 Å². The number of aromatic nitrogens is 3. The van der Waals surface area contributed by atoms with Gasteiger partial charge in [0, 0.05) is 26.5 Å². The van der Waals surface area contributed by atoms with Crippen molar-refractivity contribution in [3.05, 3.63) is 30.2 Å². The third-order valence-electron chi connectivity index (χ3n) is 3.70. The average molecular weight is 290 g/mol. The normalized spacial score (nSPS) is 19.1. The third kappa shape index (κ3) is 2.74. The Bertz CT molecular complexity index is 627. The maximum Gasteiger partial charge on any atom is 0.258 e. The summed E-state index contributed by atoms with van der Waals surface area (Å²) in [7, 11) is 1.66. The minimum absolute atomic E-state index is 0.0296. The van der Waals surface area contributed by atoms with E-state index in [2.05, 4.69) is 10.2 Å². The van der Waals surface area contributed by atoms with E-state index in [0.29, 0.717) is 37.6 Å². The Morgan fingerprint density at radius 2 is 2.48 bits per heavy atom. The molecule has 21 heavy (non-hydrogen) atoms. The molecule has 0 saturated carbocycles. The smallest absolute Gasteiger partial charge is 0.258 e. The third-order valence-corrected chi connectivity index (χ3v) is 3.70. The highest BCUT2D eigenvalue weighted by atomic mass is 16.5. The summed E-state index contributed by atoms with van der Waals surface area (Å²) >= 11 is 0. The van der Waals surface area contributed by atoms with Gasteiger partial charge < -0.3 is 14.4 Å². The van der Waals surface area contributed by atoms with E-state index in [1.165, 1.54) is 0 Å². The summed E-state index contributed by atoms with van der Waals surface area (Å²) in [4.78, 5) is 14.7. The van der Waals surface area contributed by atoms with Gasteiger partial charge in [-0.15, -0.1) is 10.2 Å². The van der Waals surface area contributed by atoms with E-state index < -0.39 is 0 Å². The molecular weight excluding hydrogens is 272 g/mol. The first-order chi connectivity index (χ1) is 10.3. The number of carbonyl (C=O) groups is 1. The molecule has 1 unspecified atom stereocenters. The Morgan fingerprint density at radius 1 is 1.57 bits per heavy atom. The quantitative estimate of drug-likeness (QED) is 0.825. The topological polar surface area (TPSA) is 69.0 Å². The summed E-state index contributed by atoms with van der Waals surface area (Å²) in [6.45, 7) is 2.30. The Labute approximate surface area is 122 Å². The molecule has 1 aliphatic heterocycles. The minimum Gasteiger partial charge on any atom is -0.385 e. The lowest BCUT2D eigenvalue weighted by Crippen LogP contribution is -2.49. The van der Waals surface area contributed by atoms with Crippen LogP contribution in [-0.4, -0.2) is 64.9 Å². The molecule has 0 spiro atoms. The van der Waals surface area contributed by atoms with Crippen LogP contribution in [0.4, 0.5) is 0 Å². The van der Waals surface area contributed by atoms with Crippen molar-refractivity contribution in [2.45, 2.75) is 12.5 Å². The van der Waals surface area contributed by atoms with Crippen molar-refractivity contribution in [1.82, 2.24) is 19.5 Å². The molecule has 1 atom stereocenters. The number of morpholine rings is 1. The van der Waals surface area contributed by atoms with Crippen LogP contribution in [0.1, 0.15) is 16.8 Å². The van der Waals surface area contributed by atoms with Crippen molar-refractivity contribution in [3.63, 3.8) is 0 Å². The van der Waals surface area contributed by atoms with Gasteiger partial charge in [-0.1, -0.05) is 0 Å². The lowest BCUT2D eigenvalue weighted by Gasteiger charge is -2.35. The molecule has 2 aromatic heterocycles. The largest absolute Gasteiger partial charge is 0.385 e. The van der Waals surface area contributed by atoms with Crippen molar-refractivity contribution >= 4 is 11.6 Å². The fraction of sp³-hybridized carbons (Fsp3) is 0.500. The van der Waals surface area contributed by atoms with Crippen LogP contribution >= 0.6 is 0 Å². The molecule has 112 valence electrons. The maximum absolute atomic E-state index is 12.8. The zero-order valence-electron chi connectivity index (χ0n) is 11.9. The van der Waals surface area contributed by atoms with Gasteiger partial charge in [0.1, 0.15) is 6.33 Å². The van der Waals surface area contributed by atoms with Crippen LogP contribution in [0.2, 0.25) is 0 Å². The number of methoxy groups -OCH3 is 1. The predicted molar refractivity (Wildman–Crippen MR) is 75.1 cm³/mol. The molecule has 2 aromatic rings. The van der Waals surface area contributed by atoms with E-state index in [0.717, 1.165) is 6.42 Å². The summed E-state index contributed by atoms with van der Waals surface area (Å²) in [6, 6.07) is 3.65. The van der Waals surface area contributed by atoms with Gasteiger partial charge in [-0.3, -0.25) is 9.20 Å². The van der Waals surface area contributed by atoms with Gasteiger partial charge in [0.2, 0.25) is 0 Å². The molecule has 7 nitrogen and oxygen atoms in total. The standard InChI is InChI=1S/C14H18N4O3/c1-20-7-4-11-9-21-8-6-18(11)14(19)12-3-2-5-17-10-15-16-13(12)17/h2-3,5,10-11H,4,6-9H2,1H3. The number of hydrogen-bond donors (Lipinski definition) is 0. The molecule has 0 radical (unpaired) electrons. The van der Waals surface area contributed by atoms with E-state index in [4.69, 9.17) is 9.47 Å². The highest BCUT2D eigenvalue weighted by molar-refractivity contribution is 5.99. The first-order valence-corrected chi connectivity index (χ1v) is 6.97. The number of fused-ring (bicyclic) bond motifs is 1. The fourth-order valence-corrected chi connectivity index (χ4v) is 2.59. The van der Waals surface area contributed by atoms with E-state index >= 15 is 0 Å². The van der Waals surface area contributed by atoms with Crippen molar-refractivity contribution in [2.75, 3.05) is 33.5 Å². The van der Waals surface area contributed by atoms with Gasteiger partial charge in [0.05, 0.1) is 24.8 Å². The van der Waals surface area contributed by atoms with Gasteiger partial charge in [-0.2, -0.15) is 0 Å². The lowest BCUT2D eigenvalue weighted by molar-refractivity contribution is -0.0103. The monoisotopic (exact) mass is 290 g/mol. The molecule has 1 saturated heterocycles. The lowest BCUT2D eigenvalue weighted by atomic mass is 10.1. The Hall–Kier alpha value is -1.99. The average Bonchev–Trinajstić information content (AvgIpc) is 3.01. The molecular formula is C14H18N4O3. The number of nitrogens with zero attached hydrogens (tertiary/aromatic N) is 4. The summed E-state index contributed by atoms with van der Waals surface area (Å²) in [5.41, 5.74) is 1.15. The van der Waals surface area contributed by atoms with Crippen molar-refractivity contribution in [2.24, 2.45) is 0 Å². The van der Waals surface area contributed by atoms with Crippen LogP contribution in [0.25, 0.3) is 5.65 Å². The first-order valence-electron chi connectivity index (χ1n) is 6.97. The molecule has 0 N–H and O–H groups in total. The molecule has 1 amide bonds. The molecule has 0 bridgehead atoms. The Morgan fingerprint density at radius 3 is 3.33 bits per heavy atom. The van der Waals surface area contributed by atoms with Crippen LogP contribution in [0.3, 0.4) is 0 Å². The number of hydrogen-bond acceptors (Lipinski definition) is 5. The molecule has 1 aliphatic rings. The summed E-state index contributed by atoms with van der Waals surface area (Å²) < 4.78 is 12.3. The SMILES string of the molecule is COCCC1COCCN1C(=O)c1cccn2cnnc12. The van der Waals surface area contributed by atoms with Crippen LogP contribution in [0, 0.1) is 0 Å².